The number of carbonyl (C=O) groups excluding carboxylic acids is 5. The predicted molar refractivity (Wildman–Crippen MR) is 226 cm³/mol. The van der Waals surface area contributed by atoms with Gasteiger partial charge in [0.15, 0.2) is 9.84 Å². The molecule has 326 valence electrons. The second kappa shape index (κ2) is 17.6. The van der Waals surface area contributed by atoms with Crippen LogP contribution in [0.5, 0.6) is 5.75 Å². The van der Waals surface area contributed by atoms with Crippen LogP contribution < -0.4 is 26.0 Å². The first-order chi connectivity index (χ1) is 27.8. The highest BCUT2D eigenvalue weighted by Gasteiger charge is 2.73. The third-order valence-corrected chi connectivity index (χ3v) is 17.0. The minimum absolute atomic E-state index is 0.0962. The van der Waals surface area contributed by atoms with Gasteiger partial charge in [-0.25, -0.2) is 13.2 Å². The summed E-state index contributed by atoms with van der Waals surface area (Å²) in [5.74, 6) is -2.11. The van der Waals surface area contributed by atoms with Gasteiger partial charge in [-0.05, 0) is 82.3 Å². The fourth-order valence-corrected chi connectivity index (χ4v) is 11.6. The number of sulfone groups is 1. The molecule has 1 heterocycles. The zero-order valence-electron chi connectivity index (χ0n) is 35.8. The van der Waals surface area contributed by atoms with Crippen molar-refractivity contribution in [1.29, 1.82) is 0 Å². The van der Waals surface area contributed by atoms with Gasteiger partial charge in [-0.15, -0.1) is 6.58 Å². The molecule has 0 spiro atoms. The Hall–Kier alpha value is -3.94. The number of fused-ring (bicyclic) bond motifs is 1. The van der Waals surface area contributed by atoms with Crippen LogP contribution in [0.2, 0.25) is 0 Å². The van der Waals surface area contributed by atoms with Crippen LogP contribution in [0.3, 0.4) is 0 Å². The topological polar surface area (TPSA) is 180 Å². The highest BCUT2D eigenvalue weighted by molar-refractivity contribution is 7.92. The number of ketones is 1. The molecule has 1 aromatic rings. The molecule has 4 N–H and O–H groups in total. The van der Waals surface area contributed by atoms with Gasteiger partial charge in [0.25, 0.3) is 5.91 Å². The molecule has 1 aliphatic heterocycles. The molecule has 0 aromatic heterocycles. The lowest BCUT2D eigenvalue weighted by atomic mass is 9.70. The summed E-state index contributed by atoms with van der Waals surface area (Å²) in [7, 11) is -3.60. The van der Waals surface area contributed by atoms with Crippen LogP contribution in [0.25, 0.3) is 0 Å². The number of Topliss-reactive ketones (excluding diaryl/α,β-unsaturated/α-hetero) is 1. The van der Waals surface area contributed by atoms with E-state index in [1.807, 2.05) is 37.3 Å². The van der Waals surface area contributed by atoms with Crippen LogP contribution in [0.4, 0.5) is 4.79 Å². The van der Waals surface area contributed by atoms with Crippen LogP contribution in [0, 0.1) is 28.6 Å². The van der Waals surface area contributed by atoms with Crippen LogP contribution in [-0.4, -0.2) is 96.7 Å². The number of hydrogen-bond donors (Lipinski definition) is 4. The number of piperidine rings is 1. The maximum Gasteiger partial charge on any atom is 0.315 e. The van der Waals surface area contributed by atoms with Crippen molar-refractivity contribution in [3.8, 4) is 5.75 Å². The Morgan fingerprint density at radius 3 is 2.15 bits per heavy atom. The molecule has 5 fully saturated rings. The average molecular weight is 838 g/mol. The van der Waals surface area contributed by atoms with Crippen molar-refractivity contribution in [3.05, 3.63) is 43.0 Å². The van der Waals surface area contributed by atoms with E-state index in [0.717, 1.165) is 51.4 Å². The molecule has 1 saturated heterocycles. The smallest absolute Gasteiger partial charge is 0.315 e. The summed E-state index contributed by atoms with van der Waals surface area (Å²) in [6, 6.07) is 5.78. The van der Waals surface area contributed by atoms with Gasteiger partial charge in [-0.2, -0.15) is 0 Å². The molecule has 6 atom stereocenters. The average Bonchev–Trinajstić information content (AvgIpc) is 4.06. The number of carbonyl (C=O) groups is 5. The van der Waals surface area contributed by atoms with Gasteiger partial charge >= 0.3 is 6.03 Å². The van der Waals surface area contributed by atoms with Crippen LogP contribution in [0.15, 0.2) is 43.0 Å². The SMILES string of the molecule is C=CCNC(=O)C(=O)C(CC1CC1)NC(=O)[C@@H]1[C@@H]2[C@H](CN1C(=O)[C@@H](NC(=O)NC1(CS(=O)(=O)C(C)(C)C)CCCCC1)C1(C)CCCCC1)[C@@]2(C)COc1ccccc1. The van der Waals surface area contributed by atoms with Gasteiger partial charge < -0.3 is 30.9 Å². The molecule has 6 rings (SSSR count). The Labute approximate surface area is 350 Å². The summed E-state index contributed by atoms with van der Waals surface area (Å²) in [6.07, 6.45) is 11.3. The normalized spacial score (nSPS) is 26.9. The van der Waals surface area contributed by atoms with Crippen molar-refractivity contribution < 1.29 is 37.1 Å². The Morgan fingerprint density at radius 2 is 1.56 bits per heavy atom. The third kappa shape index (κ3) is 10.00. The number of para-hydroxylation sites is 1. The van der Waals surface area contributed by atoms with Gasteiger partial charge in [0.05, 0.1) is 28.7 Å². The van der Waals surface area contributed by atoms with Crippen LogP contribution in [0.1, 0.15) is 118 Å². The Bertz CT molecular complexity index is 1850. The minimum atomic E-state index is -3.60. The van der Waals surface area contributed by atoms with Crippen molar-refractivity contribution in [3.63, 3.8) is 0 Å². The van der Waals surface area contributed by atoms with E-state index >= 15 is 4.79 Å². The van der Waals surface area contributed by atoms with Gasteiger partial charge in [0.2, 0.25) is 17.6 Å². The number of rotatable bonds is 17. The summed E-state index contributed by atoms with van der Waals surface area (Å²) in [6.45, 7) is 13.4. The zero-order chi connectivity index (χ0) is 42.8. The first-order valence-corrected chi connectivity index (χ1v) is 23.5. The van der Waals surface area contributed by atoms with Crippen molar-refractivity contribution in [2.75, 3.05) is 25.4 Å². The number of hydrogen-bond acceptors (Lipinski definition) is 8. The first kappa shape index (κ1) is 44.6. The second-order valence-corrected chi connectivity index (χ2v) is 22.5. The summed E-state index contributed by atoms with van der Waals surface area (Å²) in [5, 5.41) is 11.7. The summed E-state index contributed by atoms with van der Waals surface area (Å²) < 4.78 is 32.4. The largest absolute Gasteiger partial charge is 0.493 e. The van der Waals surface area contributed by atoms with E-state index in [-0.39, 0.29) is 42.5 Å². The lowest BCUT2D eigenvalue weighted by Crippen LogP contribution is -2.65. The Kier molecular flexibility index (Phi) is 13.3. The lowest BCUT2D eigenvalue weighted by Gasteiger charge is -2.44. The summed E-state index contributed by atoms with van der Waals surface area (Å²) in [5.41, 5.74) is -2.08. The van der Waals surface area contributed by atoms with E-state index in [1.165, 1.54) is 6.08 Å². The van der Waals surface area contributed by atoms with E-state index < -0.39 is 72.7 Å². The molecule has 1 aromatic carbocycles. The monoisotopic (exact) mass is 837 g/mol. The standard InChI is InChI=1S/C45H67N5O8S/c1-7-25-46-39(53)36(51)33(26-30-19-20-30)47-38(52)35-34-32(44(34,6)28-58-31-17-11-8-12-18-31)27-50(35)40(54)37(43(5)21-13-9-14-22-43)48-41(55)49-45(23-15-10-16-24-45)29-59(56,57)42(2,3)4/h7-8,11-12,17-18,30,32-35,37H,1,9-10,13-16,19-29H2,2-6H3,(H,46,53)(H,47,52)(H2,48,49,55)/t32-,33?,34-,35-,37+,44+/m0/s1. The maximum absolute atomic E-state index is 15.3. The molecule has 1 unspecified atom stereocenters. The molecular formula is C45H67N5O8S. The number of nitrogens with zero attached hydrogens (tertiary/aromatic N) is 1. The van der Waals surface area contributed by atoms with E-state index in [1.54, 1.807) is 25.7 Å². The van der Waals surface area contributed by atoms with E-state index in [2.05, 4.69) is 34.8 Å². The first-order valence-electron chi connectivity index (χ1n) is 21.9. The molecule has 5 aliphatic rings. The van der Waals surface area contributed by atoms with Crippen molar-refractivity contribution in [1.82, 2.24) is 26.2 Å². The van der Waals surface area contributed by atoms with Crippen molar-refractivity contribution in [2.24, 2.45) is 28.6 Å². The molecule has 5 amide bonds. The lowest BCUT2D eigenvalue weighted by molar-refractivity contribution is -0.146. The fourth-order valence-electron chi connectivity index (χ4n) is 10.1. The van der Waals surface area contributed by atoms with Gasteiger partial charge in [-0.3, -0.25) is 19.2 Å². The molecule has 59 heavy (non-hydrogen) atoms. The third-order valence-electron chi connectivity index (χ3n) is 14.2. The number of urea groups is 1. The van der Waals surface area contributed by atoms with E-state index in [4.69, 9.17) is 4.74 Å². The van der Waals surface area contributed by atoms with E-state index in [9.17, 15) is 27.6 Å². The van der Waals surface area contributed by atoms with Crippen molar-refractivity contribution in [2.45, 2.75) is 147 Å². The number of benzene rings is 1. The Balaban J connectivity index is 1.29. The second-order valence-electron chi connectivity index (χ2n) is 19.7. The van der Waals surface area contributed by atoms with Gasteiger partial charge in [-0.1, -0.05) is 89.5 Å². The van der Waals surface area contributed by atoms with E-state index in [0.29, 0.717) is 44.5 Å². The van der Waals surface area contributed by atoms with Gasteiger partial charge in [0.1, 0.15) is 17.8 Å². The molecule has 0 bridgehead atoms. The van der Waals surface area contributed by atoms with Crippen LogP contribution >= 0.6 is 0 Å². The zero-order valence-corrected chi connectivity index (χ0v) is 36.6. The number of nitrogens with one attached hydrogen (secondary N) is 4. The predicted octanol–water partition coefficient (Wildman–Crippen LogP) is 5.24. The quantitative estimate of drug-likeness (QED) is 0.122. The number of likely N-dealkylation sites (tertiary alicyclic amines) is 1. The molecule has 4 aliphatic carbocycles. The van der Waals surface area contributed by atoms with Crippen molar-refractivity contribution >= 4 is 39.4 Å². The summed E-state index contributed by atoms with van der Waals surface area (Å²) in [4.78, 5) is 72.3. The van der Waals surface area contributed by atoms with Crippen LogP contribution in [-0.2, 0) is 29.0 Å². The van der Waals surface area contributed by atoms with Gasteiger partial charge in [0, 0.05) is 24.4 Å². The maximum atomic E-state index is 15.3. The highest BCUT2D eigenvalue weighted by atomic mass is 32.2. The minimum Gasteiger partial charge on any atom is -0.493 e. The number of ether oxygens (including phenoxy) is 1. The summed E-state index contributed by atoms with van der Waals surface area (Å²) >= 11 is 0. The molecular weight excluding hydrogens is 771 g/mol. The molecule has 14 heteroatoms. The molecule has 13 nitrogen and oxygen atoms in total. The Morgan fingerprint density at radius 1 is 0.932 bits per heavy atom. The molecule has 0 radical (unpaired) electrons. The number of amides is 5. The fraction of sp³-hybridized carbons (Fsp3) is 0.711. The highest BCUT2D eigenvalue weighted by Crippen LogP contribution is 2.65. The molecule has 4 saturated carbocycles.